The van der Waals surface area contributed by atoms with E-state index in [1.54, 1.807) is 6.92 Å². The SMILES string of the molecule is CCCC(C)(N)C(=O)Nc1ccc(Cl)cc1[N+](=O)[O-]. The summed E-state index contributed by atoms with van der Waals surface area (Å²) in [7, 11) is 0. The number of rotatable bonds is 5. The Bertz CT molecular complexity index is 503. The maximum absolute atomic E-state index is 12.0. The van der Waals surface area contributed by atoms with Crippen LogP contribution in [0.5, 0.6) is 0 Å². The van der Waals surface area contributed by atoms with Gasteiger partial charge in [-0.3, -0.25) is 14.9 Å². The van der Waals surface area contributed by atoms with Crippen LogP contribution in [0.15, 0.2) is 18.2 Å². The molecule has 0 aliphatic rings. The van der Waals surface area contributed by atoms with Crippen LogP contribution in [0.2, 0.25) is 5.02 Å². The van der Waals surface area contributed by atoms with Gasteiger partial charge in [0.25, 0.3) is 5.69 Å². The Labute approximate surface area is 116 Å². The predicted molar refractivity (Wildman–Crippen MR) is 74.2 cm³/mol. The van der Waals surface area contributed by atoms with E-state index in [4.69, 9.17) is 17.3 Å². The first-order valence-corrected chi connectivity index (χ1v) is 6.20. The second kappa shape index (κ2) is 5.99. The number of nitro benzene ring substituents is 1. The van der Waals surface area contributed by atoms with Gasteiger partial charge in [-0.25, -0.2) is 0 Å². The van der Waals surface area contributed by atoms with Crippen LogP contribution in [0.1, 0.15) is 26.7 Å². The molecule has 0 radical (unpaired) electrons. The number of benzene rings is 1. The minimum atomic E-state index is -1.07. The minimum Gasteiger partial charge on any atom is -0.319 e. The van der Waals surface area contributed by atoms with Gasteiger partial charge in [-0.2, -0.15) is 0 Å². The van der Waals surface area contributed by atoms with Gasteiger partial charge in [-0.15, -0.1) is 0 Å². The minimum absolute atomic E-state index is 0.0900. The van der Waals surface area contributed by atoms with Crippen molar-refractivity contribution in [2.45, 2.75) is 32.2 Å². The van der Waals surface area contributed by atoms with Crippen LogP contribution in [-0.4, -0.2) is 16.4 Å². The Kier molecular flexibility index (Phi) is 4.85. The fourth-order valence-corrected chi connectivity index (χ4v) is 1.83. The molecule has 1 atom stereocenters. The van der Waals surface area contributed by atoms with Gasteiger partial charge in [0.2, 0.25) is 5.91 Å². The van der Waals surface area contributed by atoms with Gasteiger partial charge in [0, 0.05) is 11.1 Å². The van der Waals surface area contributed by atoms with Crippen molar-refractivity contribution in [3.63, 3.8) is 0 Å². The van der Waals surface area contributed by atoms with Crippen LogP contribution in [0.3, 0.4) is 0 Å². The molecule has 1 aromatic rings. The van der Waals surface area contributed by atoms with E-state index in [9.17, 15) is 14.9 Å². The third kappa shape index (κ3) is 3.90. The summed E-state index contributed by atoms with van der Waals surface area (Å²) in [4.78, 5) is 22.3. The lowest BCUT2D eigenvalue weighted by Gasteiger charge is -2.22. The van der Waals surface area contributed by atoms with Crippen molar-refractivity contribution in [2.75, 3.05) is 5.32 Å². The van der Waals surface area contributed by atoms with Gasteiger partial charge in [0.15, 0.2) is 0 Å². The molecule has 6 nitrogen and oxygen atoms in total. The summed E-state index contributed by atoms with van der Waals surface area (Å²) in [5.41, 5.74) is 4.63. The predicted octanol–water partition coefficient (Wildman–Crippen LogP) is 2.70. The lowest BCUT2D eigenvalue weighted by Crippen LogP contribution is -2.48. The highest BCUT2D eigenvalue weighted by molar-refractivity contribution is 6.31. The Morgan fingerprint density at radius 3 is 2.74 bits per heavy atom. The summed E-state index contributed by atoms with van der Waals surface area (Å²) in [5, 5.41) is 13.6. The number of amides is 1. The smallest absolute Gasteiger partial charge is 0.294 e. The molecular weight excluding hydrogens is 270 g/mol. The summed E-state index contributed by atoms with van der Waals surface area (Å²) in [5.74, 6) is -0.459. The van der Waals surface area contributed by atoms with Crippen molar-refractivity contribution in [1.82, 2.24) is 0 Å². The Hall–Kier alpha value is -1.66. The first-order valence-electron chi connectivity index (χ1n) is 5.82. The van der Waals surface area contributed by atoms with E-state index in [-0.39, 0.29) is 16.4 Å². The van der Waals surface area contributed by atoms with E-state index in [1.807, 2.05) is 6.92 Å². The topological polar surface area (TPSA) is 98.3 Å². The Morgan fingerprint density at radius 1 is 1.58 bits per heavy atom. The van der Waals surface area contributed by atoms with E-state index in [2.05, 4.69) is 5.32 Å². The molecular formula is C12H16ClN3O3. The monoisotopic (exact) mass is 285 g/mol. The third-order valence-corrected chi connectivity index (χ3v) is 2.93. The number of carbonyl (C=O) groups is 1. The average Bonchev–Trinajstić information content (AvgIpc) is 2.30. The van der Waals surface area contributed by atoms with Gasteiger partial charge < -0.3 is 11.1 Å². The summed E-state index contributed by atoms with van der Waals surface area (Å²) in [6.45, 7) is 3.50. The quantitative estimate of drug-likeness (QED) is 0.642. The molecule has 0 heterocycles. The fraction of sp³-hybridized carbons (Fsp3) is 0.417. The van der Waals surface area contributed by atoms with E-state index < -0.39 is 16.4 Å². The van der Waals surface area contributed by atoms with Gasteiger partial charge in [0.1, 0.15) is 5.69 Å². The van der Waals surface area contributed by atoms with Gasteiger partial charge in [0.05, 0.1) is 10.5 Å². The highest BCUT2D eigenvalue weighted by Crippen LogP contribution is 2.28. The van der Waals surface area contributed by atoms with E-state index in [0.717, 1.165) is 6.42 Å². The van der Waals surface area contributed by atoms with E-state index in [1.165, 1.54) is 18.2 Å². The van der Waals surface area contributed by atoms with Gasteiger partial charge >= 0.3 is 0 Å². The van der Waals surface area contributed by atoms with Crippen molar-refractivity contribution >= 4 is 28.9 Å². The highest BCUT2D eigenvalue weighted by atomic mass is 35.5. The molecule has 104 valence electrons. The van der Waals surface area contributed by atoms with Gasteiger partial charge in [-0.05, 0) is 25.5 Å². The zero-order valence-corrected chi connectivity index (χ0v) is 11.5. The maximum Gasteiger partial charge on any atom is 0.294 e. The molecule has 0 fully saturated rings. The second-order valence-corrected chi connectivity index (χ2v) is 4.98. The second-order valence-electron chi connectivity index (χ2n) is 4.54. The molecule has 0 aliphatic carbocycles. The molecule has 0 saturated heterocycles. The molecule has 1 unspecified atom stereocenters. The van der Waals surface area contributed by atoms with E-state index in [0.29, 0.717) is 6.42 Å². The summed E-state index contributed by atoms with van der Waals surface area (Å²) < 4.78 is 0. The number of halogens is 1. The number of nitrogens with zero attached hydrogens (tertiary/aromatic N) is 1. The van der Waals surface area contributed by atoms with Crippen LogP contribution in [-0.2, 0) is 4.79 Å². The number of nitrogens with one attached hydrogen (secondary N) is 1. The van der Waals surface area contributed by atoms with Crippen LogP contribution in [0.25, 0.3) is 0 Å². The normalized spacial score (nSPS) is 13.7. The molecule has 7 heteroatoms. The molecule has 1 amide bonds. The number of nitrogens with two attached hydrogens (primary N) is 1. The zero-order valence-electron chi connectivity index (χ0n) is 10.8. The molecule has 0 bridgehead atoms. The van der Waals surface area contributed by atoms with Crippen LogP contribution < -0.4 is 11.1 Å². The Morgan fingerprint density at radius 2 is 2.21 bits per heavy atom. The van der Waals surface area contributed by atoms with Crippen LogP contribution >= 0.6 is 11.6 Å². The Balaban J connectivity index is 3.00. The number of nitro groups is 1. The first kappa shape index (κ1) is 15.4. The van der Waals surface area contributed by atoms with Gasteiger partial charge in [-0.1, -0.05) is 24.9 Å². The molecule has 0 aromatic heterocycles. The van der Waals surface area contributed by atoms with E-state index >= 15 is 0 Å². The van der Waals surface area contributed by atoms with Crippen molar-refractivity contribution in [1.29, 1.82) is 0 Å². The molecule has 0 aliphatic heterocycles. The van der Waals surface area contributed by atoms with Crippen molar-refractivity contribution < 1.29 is 9.72 Å². The molecule has 0 saturated carbocycles. The highest BCUT2D eigenvalue weighted by Gasteiger charge is 2.29. The number of hydrogen-bond donors (Lipinski definition) is 2. The average molecular weight is 286 g/mol. The largest absolute Gasteiger partial charge is 0.319 e. The molecule has 1 aromatic carbocycles. The third-order valence-electron chi connectivity index (χ3n) is 2.69. The zero-order chi connectivity index (χ0) is 14.6. The summed E-state index contributed by atoms with van der Waals surface area (Å²) >= 11 is 5.70. The number of carbonyl (C=O) groups excluding carboxylic acids is 1. The summed E-state index contributed by atoms with van der Waals surface area (Å²) in [6, 6.07) is 4.04. The molecule has 1 rings (SSSR count). The molecule has 19 heavy (non-hydrogen) atoms. The standard InChI is InChI=1S/C12H16ClN3O3/c1-3-6-12(2,14)11(17)15-9-5-4-8(13)7-10(9)16(18)19/h4-5,7H,3,6,14H2,1-2H3,(H,15,17). The van der Waals surface area contributed by atoms with Crippen LogP contribution in [0.4, 0.5) is 11.4 Å². The summed E-state index contributed by atoms with van der Waals surface area (Å²) in [6.07, 6.45) is 1.23. The fourth-order valence-electron chi connectivity index (χ4n) is 1.66. The van der Waals surface area contributed by atoms with Crippen molar-refractivity contribution in [2.24, 2.45) is 5.73 Å². The number of hydrogen-bond acceptors (Lipinski definition) is 4. The molecule has 3 N–H and O–H groups in total. The van der Waals surface area contributed by atoms with Crippen LogP contribution in [0, 0.1) is 10.1 Å². The molecule has 0 spiro atoms. The lowest BCUT2D eigenvalue weighted by atomic mass is 9.96. The van der Waals surface area contributed by atoms with Crippen molar-refractivity contribution in [3.05, 3.63) is 33.3 Å². The maximum atomic E-state index is 12.0. The first-order chi connectivity index (χ1) is 8.77. The lowest BCUT2D eigenvalue weighted by molar-refractivity contribution is -0.383. The number of anilines is 1. The van der Waals surface area contributed by atoms with Crippen molar-refractivity contribution in [3.8, 4) is 0 Å².